The second-order valence-electron chi connectivity index (χ2n) is 2.80. The molecule has 1 saturated carbocycles. The van der Waals surface area contributed by atoms with E-state index in [0.717, 1.165) is 18.6 Å². The Morgan fingerprint density at radius 3 is 2.82 bits per heavy atom. The van der Waals surface area contributed by atoms with Gasteiger partial charge in [-0.15, -0.1) is 0 Å². The quantitative estimate of drug-likeness (QED) is 0.264. The molecule has 0 atom stereocenters. The first-order valence-electron chi connectivity index (χ1n) is 3.49. The number of hydrogen-bond acceptors (Lipinski definition) is 2. The second kappa shape index (κ2) is 2.84. The lowest BCUT2D eigenvalue weighted by atomic mass is 10.1. The smallest absolute Gasteiger partial charge is 0.0946 e. The molecule has 0 radical (unpaired) electrons. The lowest BCUT2D eigenvalue weighted by molar-refractivity contribution is 0.236. The second-order valence-corrected chi connectivity index (χ2v) is 2.80. The van der Waals surface area contributed by atoms with Crippen molar-refractivity contribution < 1.29 is 4.74 Å². The van der Waals surface area contributed by atoms with Crippen molar-refractivity contribution in [1.29, 1.82) is 0 Å². The van der Waals surface area contributed by atoms with Crippen LogP contribution < -0.4 is 0 Å². The van der Waals surface area contributed by atoms with E-state index in [1.54, 1.807) is 7.11 Å². The molecule has 0 aromatic carbocycles. The SMILES string of the molecule is C=C(OC)C1(CN=[N+]=[N-])CC1. The van der Waals surface area contributed by atoms with Crippen molar-refractivity contribution in [1.82, 2.24) is 0 Å². The maximum Gasteiger partial charge on any atom is 0.0946 e. The summed E-state index contributed by atoms with van der Waals surface area (Å²) in [6.07, 6.45) is 2.05. The molecule has 0 unspecified atom stereocenters. The van der Waals surface area contributed by atoms with E-state index < -0.39 is 0 Å². The van der Waals surface area contributed by atoms with Crippen molar-refractivity contribution in [2.24, 2.45) is 10.5 Å². The Kier molecular flexibility index (Phi) is 2.06. The van der Waals surface area contributed by atoms with Crippen molar-refractivity contribution in [3.8, 4) is 0 Å². The Labute approximate surface area is 65.5 Å². The zero-order chi connectivity index (χ0) is 8.32. The lowest BCUT2D eigenvalue weighted by Gasteiger charge is -2.13. The van der Waals surface area contributed by atoms with Crippen LogP contribution in [0.3, 0.4) is 0 Å². The molecule has 0 heterocycles. The molecule has 0 aliphatic heterocycles. The Bertz CT molecular complexity index is 214. The molecule has 0 amide bonds. The Hall–Kier alpha value is -1.15. The zero-order valence-electron chi connectivity index (χ0n) is 6.58. The van der Waals surface area contributed by atoms with Gasteiger partial charge >= 0.3 is 0 Å². The van der Waals surface area contributed by atoms with Gasteiger partial charge in [-0.3, -0.25) is 0 Å². The molecule has 11 heavy (non-hydrogen) atoms. The summed E-state index contributed by atoms with van der Waals surface area (Å²) in [6, 6.07) is 0. The minimum Gasteiger partial charge on any atom is -0.501 e. The normalized spacial score (nSPS) is 18.3. The third-order valence-electron chi connectivity index (χ3n) is 2.13. The van der Waals surface area contributed by atoms with Crippen LogP contribution in [0.1, 0.15) is 12.8 Å². The summed E-state index contributed by atoms with van der Waals surface area (Å²) in [6.45, 7) is 4.24. The van der Waals surface area contributed by atoms with E-state index in [2.05, 4.69) is 16.6 Å². The molecule has 0 aromatic heterocycles. The van der Waals surface area contributed by atoms with Crippen molar-refractivity contribution in [2.45, 2.75) is 12.8 Å². The number of nitrogens with zero attached hydrogens (tertiary/aromatic N) is 3. The molecule has 1 aliphatic carbocycles. The highest BCUT2D eigenvalue weighted by atomic mass is 16.5. The van der Waals surface area contributed by atoms with Crippen molar-refractivity contribution in [3.05, 3.63) is 22.8 Å². The van der Waals surface area contributed by atoms with Gasteiger partial charge in [0.1, 0.15) is 0 Å². The maximum atomic E-state index is 8.10. The molecule has 0 spiro atoms. The van der Waals surface area contributed by atoms with Crippen LogP contribution in [0.5, 0.6) is 0 Å². The lowest BCUT2D eigenvalue weighted by Crippen LogP contribution is -2.08. The fraction of sp³-hybridized carbons (Fsp3) is 0.714. The number of methoxy groups -OCH3 is 1. The first-order valence-corrected chi connectivity index (χ1v) is 3.49. The number of azide groups is 1. The summed E-state index contributed by atoms with van der Waals surface area (Å²) in [5.74, 6) is 0.741. The van der Waals surface area contributed by atoms with Gasteiger partial charge in [0.15, 0.2) is 0 Å². The fourth-order valence-corrected chi connectivity index (χ4v) is 1.06. The predicted molar refractivity (Wildman–Crippen MR) is 41.8 cm³/mol. The van der Waals surface area contributed by atoms with Crippen LogP contribution in [0.4, 0.5) is 0 Å². The van der Waals surface area contributed by atoms with Crippen LogP contribution in [0.25, 0.3) is 10.4 Å². The Morgan fingerprint density at radius 2 is 2.45 bits per heavy atom. The summed E-state index contributed by atoms with van der Waals surface area (Å²) < 4.78 is 5.00. The van der Waals surface area contributed by atoms with Gasteiger partial charge in [0.05, 0.1) is 12.9 Å². The average molecular weight is 153 g/mol. The van der Waals surface area contributed by atoms with Gasteiger partial charge in [0.25, 0.3) is 0 Å². The topological polar surface area (TPSA) is 58.0 Å². The van der Waals surface area contributed by atoms with Gasteiger partial charge in [-0.05, 0) is 18.4 Å². The third-order valence-corrected chi connectivity index (χ3v) is 2.13. The van der Waals surface area contributed by atoms with Gasteiger partial charge in [-0.2, -0.15) is 0 Å². The van der Waals surface area contributed by atoms with Crippen LogP contribution in [0.2, 0.25) is 0 Å². The molecule has 0 saturated heterocycles. The molecular formula is C7H11N3O. The van der Waals surface area contributed by atoms with Crippen LogP contribution >= 0.6 is 0 Å². The van der Waals surface area contributed by atoms with Crippen molar-refractivity contribution in [2.75, 3.05) is 13.7 Å². The van der Waals surface area contributed by atoms with Gasteiger partial charge in [0, 0.05) is 16.9 Å². The molecule has 1 aliphatic rings. The van der Waals surface area contributed by atoms with E-state index in [1.807, 2.05) is 0 Å². The van der Waals surface area contributed by atoms with E-state index in [1.165, 1.54) is 0 Å². The molecule has 4 heteroatoms. The molecule has 0 bridgehead atoms. The average Bonchev–Trinajstić information content (AvgIpc) is 2.80. The van der Waals surface area contributed by atoms with Gasteiger partial charge in [-0.1, -0.05) is 11.7 Å². The Morgan fingerprint density at radius 1 is 1.82 bits per heavy atom. The van der Waals surface area contributed by atoms with Crippen molar-refractivity contribution in [3.63, 3.8) is 0 Å². The summed E-state index contributed by atoms with van der Waals surface area (Å²) in [5, 5.41) is 3.51. The summed E-state index contributed by atoms with van der Waals surface area (Å²) in [7, 11) is 1.60. The van der Waals surface area contributed by atoms with Gasteiger partial charge in [0.2, 0.25) is 0 Å². The Balaban J connectivity index is 2.53. The number of rotatable bonds is 4. The minimum absolute atomic E-state index is 0.0268. The van der Waals surface area contributed by atoms with E-state index in [0.29, 0.717) is 6.54 Å². The van der Waals surface area contributed by atoms with Crippen molar-refractivity contribution >= 4 is 0 Å². The highest BCUT2D eigenvalue weighted by Gasteiger charge is 2.45. The standard InChI is InChI=1S/C7H11N3O/c1-6(11-2)7(3-4-7)5-9-10-8/h1,3-5H2,2H3. The summed E-state index contributed by atoms with van der Waals surface area (Å²) >= 11 is 0. The highest BCUT2D eigenvalue weighted by Crippen LogP contribution is 2.51. The highest BCUT2D eigenvalue weighted by molar-refractivity contribution is 5.14. The molecule has 0 aromatic rings. The third kappa shape index (κ3) is 1.46. The predicted octanol–water partition coefficient (Wildman–Crippen LogP) is 2.24. The monoisotopic (exact) mass is 153 g/mol. The van der Waals surface area contributed by atoms with E-state index in [4.69, 9.17) is 10.3 Å². The number of hydrogen-bond donors (Lipinski definition) is 0. The van der Waals surface area contributed by atoms with Gasteiger partial charge < -0.3 is 4.74 Å². The van der Waals surface area contributed by atoms with Gasteiger partial charge in [-0.25, -0.2) is 0 Å². The zero-order valence-corrected chi connectivity index (χ0v) is 6.58. The summed E-state index contributed by atoms with van der Waals surface area (Å²) in [5.41, 5.74) is 8.07. The largest absolute Gasteiger partial charge is 0.501 e. The molecule has 60 valence electrons. The fourth-order valence-electron chi connectivity index (χ4n) is 1.06. The molecular weight excluding hydrogens is 142 g/mol. The first-order chi connectivity index (χ1) is 5.25. The molecule has 1 fully saturated rings. The van der Waals surface area contributed by atoms with Crippen LogP contribution in [-0.4, -0.2) is 13.7 Å². The van der Waals surface area contributed by atoms with E-state index in [-0.39, 0.29) is 5.41 Å². The van der Waals surface area contributed by atoms with Crippen LogP contribution in [-0.2, 0) is 4.74 Å². The van der Waals surface area contributed by atoms with Crippen LogP contribution in [0.15, 0.2) is 17.5 Å². The van der Waals surface area contributed by atoms with E-state index in [9.17, 15) is 0 Å². The van der Waals surface area contributed by atoms with Crippen LogP contribution in [0, 0.1) is 5.41 Å². The molecule has 4 nitrogen and oxygen atoms in total. The molecule has 1 rings (SSSR count). The maximum absolute atomic E-state index is 8.10. The summed E-state index contributed by atoms with van der Waals surface area (Å²) in [4.78, 5) is 2.71. The molecule has 0 N–H and O–H groups in total. The number of ether oxygens (including phenoxy) is 1. The minimum atomic E-state index is -0.0268. The first kappa shape index (κ1) is 7.95. The van der Waals surface area contributed by atoms with E-state index >= 15 is 0 Å².